The summed E-state index contributed by atoms with van der Waals surface area (Å²) in [7, 11) is 0. The van der Waals surface area contributed by atoms with Crippen molar-refractivity contribution in [1.29, 1.82) is 0 Å². The smallest absolute Gasteiger partial charge is 0.228 e. The van der Waals surface area contributed by atoms with Crippen molar-refractivity contribution in [1.82, 2.24) is 0 Å². The van der Waals surface area contributed by atoms with Gasteiger partial charge in [-0.2, -0.15) is 0 Å². The number of benzene rings is 2. The van der Waals surface area contributed by atoms with Crippen molar-refractivity contribution in [3.05, 3.63) is 60.2 Å². The van der Waals surface area contributed by atoms with Crippen LogP contribution in [0.4, 0.5) is 11.4 Å². The quantitative estimate of drug-likeness (QED) is 0.839. The second kappa shape index (κ2) is 7.34. The molecular weight excluding hydrogens is 248 g/mol. The van der Waals surface area contributed by atoms with Gasteiger partial charge in [0, 0.05) is 17.9 Å². The first-order valence-electron chi connectivity index (χ1n) is 6.95. The van der Waals surface area contributed by atoms with Gasteiger partial charge < -0.3 is 10.6 Å². The molecule has 2 N–H and O–H groups in total. The number of carbonyl (C=O) groups excluding carboxylic acids is 1. The number of carbonyl (C=O) groups is 1. The third-order valence-electron chi connectivity index (χ3n) is 2.96. The first kappa shape index (κ1) is 14.1. The molecule has 0 bridgehead atoms. The lowest BCUT2D eigenvalue weighted by Gasteiger charge is -2.08. The predicted octanol–water partition coefficient (Wildman–Crippen LogP) is 3.69. The van der Waals surface area contributed by atoms with E-state index >= 15 is 0 Å². The molecule has 2 rings (SSSR count). The van der Waals surface area contributed by atoms with E-state index in [-0.39, 0.29) is 5.91 Å². The van der Waals surface area contributed by atoms with E-state index in [0.29, 0.717) is 6.42 Å². The Labute approximate surface area is 120 Å². The second-order valence-corrected chi connectivity index (χ2v) is 4.71. The summed E-state index contributed by atoms with van der Waals surface area (Å²) in [5, 5.41) is 6.21. The minimum Gasteiger partial charge on any atom is -0.385 e. The fourth-order valence-electron chi connectivity index (χ4n) is 1.93. The predicted molar refractivity (Wildman–Crippen MR) is 84.0 cm³/mol. The molecule has 0 aromatic heterocycles. The zero-order valence-corrected chi connectivity index (χ0v) is 11.7. The molecule has 104 valence electrons. The van der Waals surface area contributed by atoms with Gasteiger partial charge in [-0.3, -0.25) is 4.79 Å². The zero-order chi connectivity index (χ0) is 14.2. The van der Waals surface area contributed by atoms with E-state index in [1.54, 1.807) is 0 Å². The van der Waals surface area contributed by atoms with Crippen LogP contribution in [0.5, 0.6) is 0 Å². The molecule has 3 nitrogen and oxygen atoms in total. The van der Waals surface area contributed by atoms with Gasteiger partial charge in [-0.05, 0) is 36.2 Å². The lowest BCUT2D eigenvalue weighted by molar-refractivity contribution is -0.115. The monoisotopic (exact) mass is 268 g/mol. The van der Waals surface area contributed by atoms with Crippen LogP contribution in [0.2, 0.25) is 0 Å². The lowest BCUT2D eigenvalue weighted by Crippen LogP contribution is -2.14. The van der Waals surface area contributed by atoms with E-state index < -0.39 is 0 Å². The summed E-state index contributed by atoms with van der Waals surface area (Å²) in [5.41, 5.74) is 2.92. The highest BCUT2D eigenvalue weighted by atomic mass is 16.1. The summed E-state index contributed by atoms with van der Waals surface area (Å²) in [6.07, 6.45) is 1.49. The number of hydrogen-bond acceptors (Lipinski definition) is 2. The highest BCUT2D eigenvalue weighted by molar-refractivity contribution is 5.92. The summed E-state index contributed by atoms with van der Waals surface area (Å²) < 4.78 is 0. The van der Waals surface area contributed by atoms with E-state index in [9.17, 15) is 4.79 Å². The molecule has 0 unspecified atom stereocenters. The molecule has 0 aliphatic heterocycles. The van der Waals surface area contributed by atoms with Gasteiger partial charge in [0.05, 0.1) is 6.42 Å². The number of hydrogen-bond donors (Lipinski definition) is 2. The third kappa shape index (κ3) is 4.43. The van der Waals surface area contributed by atoms with Crippen molar-refractivity contribution in [2.75, 3.05) is 17.2 Å². The minimum atomic E-state index is 0.00506. The van der Waals surface area contributed by atoms with Gasteiger partial charge in [0.1, 0.15) is 0 Å². The number of rotatable bonds is 6. The minimum absolute atomic E-state index is 0.00506. The Bertz CT molecular complexity index is 535. The summed E-state index contributed by atoms with van der Waals surface area (Å²) in [6, 6.07) is 17.5. The zero-order valence-electron chi connectivity index (χ0n) is 11.7. The van der Waals surface area contributed by atoms with Gasteiger partial charge in [-0.1, -0.05) is 37.3 Å². The summed E-state index contributed by atoms with van der Waals surface area (Å²) >= 11 is 0. The fourth-order valence-corrected chi connectivity index (χ4v) is 1.93. The molecule has 0 fully saturated rings. The van der Waals surface area contributed by atoms with Crippen molar-refractivity contribution in [3.63, 3.8) is 0 Å². The van der Waals surface area contributed by atoms with Crippen LogP contribution in [0, 0.1) is 0 Å². The fraction of sp³-hybridized carbons (Fsp3) is 0.235. The summed E-state index contributed by atoms with van der Waals surface area (Å²) in [6.45, 7) is 3.09. The molecule has 0 saturated carbocycles. The number of anilines is 2. The Balaban J connectivity index is 1.88. The molecule has 20 heavy (non-hydrogen) atoms. The number of nitrogens with one attached hydrogen (secondary N) is 2. The molecular formula is C17H20N2O. The Morgan fingerprint density at radius 3 is 2.25 bits per heavy atom. The van der Waals surface area contributed by atoms with Crippen molar-refractivity contribution in [2.45, 2.75) is 19.8 Å². The van der Waals surface area contributed by atoms with E-state index in [1.165, 1.54) is 0 Å². The van der Waals surface area contributed by atoms with E-state index in [2.05, 4.69) is 17.6 Å². The van der Waals surface area contributed by atoms with Gasteiger partial charge in [-0.25, -0.2) is 0 Å². The topological polar surface area (TPSA) is 41.1 Å². The van der Waals surface area contributed by atoms with E-state index in [1.807, 2.05) is 54.6 Å². The highest BCUT2D eigenvalue weighted by Gasteiger charge is 2.03. The van der Waals surface area contributed by atoms with Gasteiger partial charge >= 0.3 is 0 Å². The molecule has 0 radical (unpaired) electrons. The second-order valence-electron chi connectivity index (χ2n) is 4.71. The van der Waals surface area contributed by atoms with Gasteiger partial charge in [-0.15, -0.1) is 0 Å². The normalized spacial score (nSPS) is 10.1. The van der Waals surface area contributed by atoms with Crippen LogP contribution in [-0.4, -0.2) is 12.5 Å². The third-order valence-corrected chi connectivity index (χ3v) is 2.96. The van der Waals surface area contributed by atoms with Crippen LogP contribution in [0.3, 0.4) is 0 Å². The molecule has 1 amide bonds. The maximum atomic E-state index is 11.9. The number of amides is 1. The first-order chi connectivity index (χ1) is 9.78. The van der Waals surface area contributed by atoms with Crippen LogP contribution in [0.25, 0.3) is 0 Å². The highest BCUT2D eigenvalue weighted by Crippen LogP contribution is 2.14. The standard InChI is InChI=1S/C17H20N2O/c1-2-12-18-15-8-10-16(11-9-15)19-17(20)13-14-6-4-3-5-7-14/h3-11,18H,2,12-13H2,1H3,(H,19,20). The molecule has 2 aromatic rings. The van der Waals surface area contributed by atoms with Crippen molar-refractivity contribution in [3.8, 4) is 0 Å². The van der Waals surface area contributed by atoms with Gasteiger partial charge in [0.15, 0.2) is 0 Å². The van der Waals surface area contributed by atoms with Crippen molar-refractivity contribution >= 4 is 17.3 Å². The Morgan fingerprint density at radius 2 is 1.60 bits per heavy atom. The molecule has 0 heterocycles. The van der Waals surface area contributed by atoms with Crippen LogP contribution < -0.4 is 10.6 Å². The maximum absolute atomic E-state index is 11.9. The molecule has 3 heteroatoms. The molecule has 0 saturated heterocycles. The molecule has 0 spiro atoms. The van der Waals surface area contributed by atoms with Crippen LogP contribution >= 0.6 is 0 Å². The van der Waals surface area contributed by atoms with E-state index in [4.69, 9.17) is 0 Å². The van der Waals surface area contributed by atoms with Crippen LogP contribution in [0.1, 0.15) is 18.9 Å². The first-order valence-corrected chi connectivity index (χ1v) is 6.95. The molecule has 0 aliphatic rings. The Morgan fingerprint density at radius 1 is 0.950 bits per heavy atom. The SMILES string of the molecule is CCCNc1ccc(NC(=O)Cc2ccccc2)cc1. The molecule has 2 aromatic carbocycles. The molecule has 0 atom stereocenters. The largest absolute Gasteiger partial charge is 0.385 e. The van der Waals surface area contributed by atoms with Crippen LogP contribution in [0.15, 0.2) is 54.6 Å². The molecule has 0 aliphatic carbocycles. The maximum Gasteiger partial charge on any atom is 0.228 e. The van der Waals surface area contributed by atoms with E-state index in [0.717, 1.165) is 29.9 Å². The van der Waals surface area contributed by atoms with Gasteiger partial charge in [0.2, 0.25) is 5.91 Å². The van der Waals surface area contributed by atoms with Crippen LogP contribution in [-0.2, 0) is 11.2 Å². The van der Waals surface area contributed by atoms with Gasteiger partial charge in [0.25, 0.3) is 0 Å². The summed E-state index contributed by atoms with van der Waals surface area (Å²) in [4.78, 5) is 11.9. The Hall–Kier alpha value is -2.29. The Kier molecular flexibility index (Phi) is 5.18. The average molecular weight is 268 g/mol. The van der Waals surface area contributed by atoms with Crippen molar-refractivity contribution in [2.24, 2.45) is 0 Å². The van der Waals surface area contributed by atoms with Crippen molar-refractivity contribution < 1.29 is 4.79 Å². The summed E-state index contributed by atoms with van der Waals surface area (Å²) in [5.74, 6) is 0.00506. The average Bonchev–Trinajstić information content (AvgIpc) is 2.47. The lowest BCUT2D eigenvalue weighted by atomic mass is 10.1.